The van der Waals surface area contributed by atoms with Crippen LogP contribution in [0.3, 0.4) is 0 Å². The molecule has 0 amide bonds. The molecule has 0 aromatic rings. The Balaban J connectivity index is 4.30. The SMILES string of the molecule is CCC(O)C/C=C(C)/C=C/C(O)C(C)CCC(O)CCC(C)CC/C=C(C)/C=C/C(O)C(C)/C=C/C(C)=O. The molecule has 0 aliphatic carbocycles. The van der Waals surface area contributed by atoms with E-state index < -0.39 is 12.2 Å². The van der Waals surface area contributed by atoms with Crippen molar-refractivity contribution in [3.8, 4) is 0 Å². The van der Waals surface area contributed by atoms with Crippen LogP contribution in [-0.2, 0) is 4.79 Å². The fourth-order valence-electron chi connectivity index (χ4n) is 3.88. The Labute approximate surface area is 232 Å². The minimum atomic E-state index is -0.624. The lowest BCUT2D eigenvalue weighted by Crippen LogP contribution is -2.18. The lowest BCUT2D eigenvalue weighted by molar-refractivity contribution is -0.112. The number of hydrogen-bond acceptors (Lipinski definition) is 5. The van der Waals surface area contributed by atoms with Gasteiger partial charge in [-0.2, -0.15) is 0 Å². The molecule has 38 heavy (non-hydrogen) atoms. The van der Waals surface area contributed by atoms with E-state index in [0.717, 1.165) is 49.7 Å². The Hall–Kier alpha value is -1.79. The van der Waals surface area contributed by atoms with Gasteiger partial charge in [0.05, 0.1) is 24.4 Å². The second-order valence-electron chi connectivity index (χ2n) is 11.2. The Kier molecular flexibility index (Phi) is 20.1. The van der Waals surface area contributed by atoms with E-state index in [0.29, 0.717) is 18.8 Å². The molecule has 0 rings (SSSR count). The maximum absolute atomic E-state index is 11.0. The van der Waals surface area contributed by atoms with Gasteiger partial charge in [-0.05, 0) is 90.0 Å². The van der Waals surface area contributed by atoms with Crippen LogP contribution >= 0.6 is 0 Å². The predicted octanol–water partition coefficient (Wildman–Crippen LogP) is 6.63. The summed E-state index contributed by atoms with van der Waals surface area (Å²) in [5, 5.41) is 40.7. The van der Waals surface area contributed by atoms with Crippen molar-refractivity contribution in [1.82, 2.24) is 0 Å². The fourth-order valence-corrected chi connectivity index (χ4v) is 3.88. The largest absolute Gasteiger partial charge is 0.393 e. The van der Waals surface area contributed by atoms with Crippen molar-refractivity contribution in [1.29, 1.82) is 0 Å². The zero-order valence-corrected chi connectivity index (χ0v) is 25.0. The molecule has 0 aromatic heterocycles. The van der Waals surface area contributed by atoms with Crippen molar-refractivity contribution in [3.63, 3.8) is 0 Å². The van der Waals surface area contributed by atoms with Crippen LogP contribution in [0.5, 0.6) is 0 Å². The van der Waals surface area contributed by atoms with Gasteiger partial charge in [-0.25, -0.2) is 0 Å². The highest BCUT2D eigenvalue weighted by Gasteiger charge is 2.15. The zero-order chi connectivity index (χ0) is 29.1. The minimum absolute atomic E-state index is 0.0216. The number of aliphatic hydroxyl groups is 4. The van der Waals surface area contributed by atoms with Crippen molar-refractivity contribution < 1.29 is 25.2 Å². The normalized spacial score (nSPS) is 19.1. The molecule has 5 nitrogen and oxygen atoms in total. The first-order valence-electron chi connectivity index (χ1n) is 14.5. The molecule has 0 aliphatic rings. The van der Waals surface area contributed by atoms with E-state index in [1.807, 2.05) is 52.8 Å². The van der Waals surface area contributed by atoms with Gasteiger partial charge in [0.15, 0.2) is 5.78 Å². The van der Waals surface area contributed by atoms with Gasteiger partial charge in [-0.3, -0.25) is 4.79 Å². The molecule has 218 valence electrons. The van der Waals surface area contributed by atoms with Crippen molar-refractivity contribution >= 4 is 5.78 Å². The minimum Gasteiger partial charge on any atom is -0.393 e. The third-order valence-corrected chi connectivity index (χ3v) is 7.13. The molecule has 0 saturated heterocycles. The molecular formula is C33H56O5. The number of allylic oxidation sites excluding steroid dienone is 6. The van der Waals surface area contributed by atoms with E-state index in [1.54, 1.807) is 18.2 Å². The van der Waals surface area contributed by atoms with Crippen LogP contribution < -0.4 is 0 Å². The Morgan fingerprint density at radius 3 is 1.87 bits per heavy atom. The summed E-state index contributed by atoms with van der Waals surface area (Å²) >= 11 is 0. The standard InChI is InChI=1S/C33H56O5/c1-8-30(35)19-12-26(4)15-23-33(38)28(6)17-21-31(36)20-13-24(2)10-9-11-25(3)14-22-32(37)27(5)16-18-29(7)34/h11-12,14-16,18,22-24,27-28,30-33,35-38H,8-10,13,17,19-21H2,1-7H3/b18-16+,22-14+,23-15+,25-11+,26-12+. The first-order valence-corrected chi connectivity index (χ1v) is 14.5. The molecule has 0 aliphatic heterocycles. The Morgan fingerprint density at radius 1 is 0.684 bits per heavy atom. The maximum Gasteiger partial charge on any atom is 0.152 e. The lowest BCUT2D eigenvalue weighted by Gasteiger charge is -2.19. The molecule has 0 aromatic carbocycles. The Bertz CT molecular complexity index is 791. The van der Waals surface area contributed by atoms with E-state index in [4.69, 9.17) is 0 Å². The average molecular weight is 533 g/mol. The topological polar surface area (TPSA) is 98.0 Å². The first kappa shape index (κ1) is 36.2. The molecular weight excluding hydrogens is 476 g/mol. The lowest BCUT2D eigenvalue weighted by atomic mass is 9.92. The summed E-state index contributed by atoms with van der Waals surface area (Å²) < 4.78 is 0. The number of hydrogen-bond donors (Lipinski definition) is 4. The fraction of sp³-hybridized carbons (Fsp3) is 0.667. The molecule has 7 atom stereocenters. The quantitative estimate of drug-likeness (QED) is 0.104. The van der Waals surface area contributed by atoms with Crippen molar-refractivity contribution in [2.24, 2.45) is 17.8 Å². The van der Waals surface area contributed by atoms with E-state index in [-0.39, 0.29) is 29.8 Å². The molecule has 0 spiro atoms. The summed E-state index contributed by atoms with van der Waals surface area (Å²) in [6.45, 7) is 13.5. The van der Waals surface area contributed by atoms with E-state index in [2.05, 4.69) is 13.0 Å². The second kappa shape index (κ2) is 21.1. The smallest absolute Gasteiger partial charge is 0.152 e. The number of carbonyl (C=O) groups excluding carboxylic acids is 1. The van der Waals surface area contributed by atoms with E-state index in [9.17, 15) is 25.2 Å². The third-order valence-electron chi connectivity index (χ3n) is 7.13. The highest BCUT2D eigenvalue weighted by Crippen LogP contribution is 2.20. The van der Waals surface area contributed by atoms with Crippen molar-refractivity contribution in [2.75, 3.05) is 0 Å². The third kappa shape index (κ3) is 19.3. The van der Waals surface area contributed by atoms with Crippen molar-refractivity contribution in [3.05, 3.63) is 59.8 Å². The number of rotatable bonds is 20. The van der Waals surface area contributed by atoms with Gasteiger partial charge in [-0.1, -0.05) is 81.4 Å². The van der Waals surface area contributed by atoms with Crippen LogP contribution in [0, 0.1) is 17.8 Å². The average Bonchev–Trinajstić information content (AvgIpc) is 2.88. The van der Waals surface area contributed by atoms with Gasteiger partial charge in [0.2, 0.25) is 0 Å². The predicted molar refractivity (Wildman–Crippen MR) is 160 cm³/mol. The van der Waals surface area contributed by atoms with Gasteiger partial charge in [0.1, 0.15) is 0 Å². The van der Waals surface area contributed by atoms with Gasteiger partial charge >= 0.3 is 0 Å². The molecule has 0 radical (unpaired) electrons. The van der Waals surface area contributed by atoms with Gasteiger partial charge in [0.25, 0.3) is 0 Å². The second-order valence-corrected chi connectivity index (χ2v) is 11.2. The zero-order valence-electron chi connectivity index (χ0n) is 25.0. The van der Waals surface area contributed by atoms with Crippen LogP contribution in [0.15, 0.2) is 59.8 Å². The van der Waals surface area contributed by atoms with Gasteiger partial charge in [-0.15, -0.1) is 0 Å². The Morgan fingerprint density at radius 2 is 1.26 bits per heavy atom. The molecule has 0 saturated carbocycles. The van der Waals surface area contributed by atoms with Crippen LogP contribution in [0.1, 0.15) is 99.8 Å². The van der Waals surface area contributed by atoms with E-state index in [1.165, 1.54) is 13.0 Å². The number of carbonyl (C=O) groups is 1. The molecule has 0 fully saturated rings. The van der Waals surface area contributed by atoms with Crippen molar-refractivity contribution in [2.45, 2.75) is 124 Å². The monoisotopic (exact) mass is 532 g/mol. The molecule has 5 heteroatoms. The molecule has 4 N–H and O–H groups in total. The molecule has 0 bridgehead atoms. The highest BCUT2D eigenvalue weighted by molar-refractivity contribution is 5.87. The number of ketones is 1. The molecule has 7 unspecified atom stereocenters. The van der Waals surface area contributed by atoms with Gasteiger partial charge in [0, 0.05) is 5.92 Å². The summed E-state index contributed by atoms with van der Waals surface area (Å²) in [7, 11) is 0. The summed E-state index contributed by atoms with van der Waals surface area (Å²) in [6, 6.07) is 0. The maximum atomic E-state index is 11.0. The summed E-state index contributed by atoms with van der Waals surface area (Å²) in [6.07, 6.45) is 19.5. The van der Waals surface area contributed by atoms with Crippen LogP contribution in [0.25, 0.3) is 0 Å². The first-order chi connectivity index (χ1) is 17.8. The van der Waals surface area contributed by atoms with Crippen LogP contribution in [-0.4, -0.2) is 50.6 Å². The van der Waals surface area contributed by atoms with Crippen LogP contribution in [0.2, 0.25) is 0 Å². The summed E-state index contributed by atoms with van der Waals surface area (Å²) in [5.74, 6) is 0.438. The summed E-state index contributed by atoms with van der Waals surface area (Å²) in [4.78, 5) is 11.0. The summed E-state index contributed by atoms with van der Waals surface area (Å²) in [5.41, 5.74) is 2.13. The van der Waals surface area contributed by atoms with Crippen LogP contribution in [0.4, 0.5) is 0 Å². The number of aliphatic hydroxyl groups excluding tert-OH is 4. The highest BCUT2D eigenvalue weighted by atomic mass is 16.3. The molecule has 0 heterocycles. The van der Waals surface area contributed by atoms with Gasteiger partial charge < -0.3 is 20.4 Å². The van der Waals surface area contributed by atoms with E-state index >= 15 is 0 Å².